The van der Waals surface area contributed by atoms with Crippen LogP contribution < -0.4 is 21.5 Å². The summed E-state index contributed by atoms with van der Waals surface area (Å²) in [4.78, 5) is 32.5. The van der Waals surface area contributed by atoms with Crippen molar-refractivity contribution in [3.8, 4) is 0 Å². The number of aromatic amines is 1. The molecule has 8 nitrogen and oxygen atoms in total. The summed E-state index contributed by atoms with van der Waals surface area (Å²) in [6.45, 7) is 3.46. The molecule has 128 valence electrons. The van der Waals surface area contributed by atoms with Crippen molar-refractivity contribution in [3.63, 3.8) is 0 Å². The number of furan rings is 1. The van der Waals surface area contributed by atoms with Crippen LogP contribution in [0.25, 0.3) is 0 Å². The second-order valence-corrected chi connectivity index (χ2v) is 6.70. The molecule has 2 aromatic rings. The Morgan fingerprint density at radius 2 is 2.25 bits per heavy atom. The third-order valence-corrected chi connectivity index (χ3v) is 4.79. The fourth-order valence-electron chi connectivity index (χ4n) is 2.66. The lowest BCUT2D eigenvalue weighted by molar-refractivity contribution is -0.884. The number of aromatic nitrogens is 2. The molecule has 24 heavy (non-hydrogen) atoms. The zero-order valence-corrected chi connectivity index (χ0v) is 13.9. The summed E-state index contributed by atoms with van der Waals surface area (Å²) < 4.78 is 4.98. The van der Waals surface area contributed by atoms with E-state index < -0.39 is 11.5 Å². The number of hydrogen-bond donors (Lipinski definition) is 4. The molecule has 3 rings (SSSR count). The first-order valence-corrected chi connectivity index (χ1v) is 8.83. The number of rotatable bonds is 6. The molecule has 0 bridgehead atoms. The van der Waals surface area contributed by atoms with Gasteiger partial charge in [-0.25, -0.2) is 4.98 Å². The van der Waals surface area contributed by atoms with Crippen molar-refractivity contribution < 1.29 is 14.1 Å². The fraction of sp³-hybridized carbons (Fsp3) is 0.400. The van der Waals surface area contributed by atoms with Gasteiger partial charge in [-0.2, -0.15) is 0 Å². The summed E-state index contributed by atoms with van der Waals surface area (Å²) >= 11 is 1.46. The lowest BCUT2D eigenvalue weighted by Gasteiger charge is -2.11. The van der Waals surface area contributed by atoms with E-state index in [2.05, 4.69) is 15.3 Å². The van der Waals surface area contributed by atoms with Gasteiger partial charge in [-0.3, -0.25) is 14.6 Å². The first-order chi connectivity index (χ1) is 11.6. The molecule has 3 heterocycles. The van der Waals surface area contributed by atoms with Gasteiger partial charge < -0.3 is 20.4 Å². The number of nitrogen functional groups attached to an aromatic ring is 1. The Bertz CT molecular complexity index is 753. The minimum atomic E-state index is -0.544. The summed E-state index contributed by atoms with van der Waals surface area (Å²) in [5.74, 6) is 0.406. The molecule has 0 aromatic carbocycles. The maximum atomic E-state index is 12.1. The first-order valence-electron chi connectivity index (χ1n) is 7.84. The lowest BCUT2D eigenvalue weighted by atomic mass is 10.4. The highest BCUT2D eigenvalue weighted by molar-refractivity contribution is 7.99. The molecular formula is C15H20N5O3S+. The fourth-order valence-corrected chi connectivity index (χ4v) is 3.57. The van der Waals surface area contributed by atoms with Crippen LogP contribution in [0, 0.1) is 0 Å². The Labute approximate surface area is 142 Å². The van der Waals surface area contributed by atoms with Crippen LogP contribution in [-0.4, -0.2) is 41.3 Å². The molecule has 0 atom stereocenters. The van der Waals surface area contributed by atoms with Crippen molar-refractivity contribution in [1.29, 1.82) is 0 Å². The Kier molecular flexibility index (Phi) is 5.21. The number of quaternary nitrogens is 1. The normalized spacial score (nSPS) is 14.8. The predicted molar refractivity (Wildman–Crippen MR) is 91.5 cm³/mol. The Balaban J connectivity index is 1.62. The van der Waals surface area contributed by atoms with Gasteiger partial charge in [-0.15, -0.1) is 0 Å². The van der Waals surface area contributed by atoms with Crippen LogP contribution in [0.5, 0.6) is 0 Å². The van der Waals surface area contributed by atoms with Crippen LogP contribution in [0.2, 0.25) is 0 Å². The monoisotopic (exact) mass is 350 g/mol. The maximum absolute atomic E-state index is 12.1. The highest BCUT2D eigenvalue weighted by Gasteiger charge is 2.17. The number of nitrogens with zero attached hydrogens (tertiary/aromatic N) is 1. The van der Waals surface area contributed by atoms with Crippen molar-refractivity contribution in [1.82, 2.24) is 9.97 Å². The molecule has 1 aliphatic rings. The van der Waals surface area contributed by atoms with Crippen LogP contribution >= 0.6 is 11.8 Å². The molecular weight excluding hydrogens is 330 g/mol. The maximum Gasteiger partial charge on any atom is 0.291 e. The summed E-state index contributed by atoms with van der Waals surface area (Å²) in [5.41, 5.74) is 5.29. The highest BCUT2D eigenvalue weighted by atomic mass is 32.2. The second-order valence-electron chi connectivity index (χ2n) is 5.62. The molecule has 1 amide bonds. The van der Waals surface area contributed by atoms with Crippen molar-refractivity contribution in [2.45, 2.75) is 18.0 Å². The average Bonchev–Trinajstić information content (AvgIpc) is 3.24. The Hall–Kier alpha value is -2.26. The molecule has 1 fully saturated rings. The number of nitrogens with one attached hydrogen (secondary N) is 3. The van der Waals surface area contributed by atoms with Crippen molar-refractivity contribution in [2.24, 2.45) is 0 Å². The summed E-state index contributed by atoms with van der Waals surface area (Å²) in [6.07, 6.45) is 3.95. The van der Waals surface area contributed by atoms with Gasteiger partial charge in [-0.05, 0) is 12.1 Å². The molecule has 1 saturated heterocycles. The van der Waals surface area contributed by atoms with Crippen LogP contribution in [-0.2, 0) is 0 Å². The number of carbonyl (C=O) groups is 1. The zero-order chi connectivity index (χ0) is 16.9. The van der Waals surface area contributed by atoms with E-state index in [1.807, 2.05) is 0 Å². The quantitative estimate of drug-likeness (QED) is 0.429. The number of nitrogens with two attached hydrogens (primary N) is 1. The van der Waals surface area contributed by atoms with Crippen LogP contribution in [0.3, 0.4) is 0 Å². The molecule has 0 spiro atoms. The molecule has 5 N–H and O–H groups in total. The van der Waals surface area contributed by atoms with E-state index in [0.717, 1.165) is 12.3 Å². The standard InChI is InChI=1S/C15H19N5O3S/c16-12-11(17-13(21)10-4-3-8-23-10)14(22)19-15(18-12)24-9-7-20-5-1-2-6-20/h3-4,8H,1-2,5-7,9H2,(H,17,21)(H3,16,18,19,22)/p+1. The minimum absolute atomic E-state index is 0.00493. The summed E-state index contributed by atoms with van der Waals surface area (Å²) in [6, 6.07) is 3.08. The SMILES string of the molecule is Nc1nc(SCC[NH+]2CCCC2)[nH]c(=O)c1NC(=O)c1ccco1. The average molecular weight is 350 g/mol. The second kappa shape index (κ2) is 7.54. The van der Waals surface area contributed by atoms with E-state index in [9.17, 15) is 9.59 Å². The third kappa shape index (κ3) is 3.98. The van der Waals surface area contributed by atoms with Gasteiger partial charge in [0.1, 0.15) is 0 Å². The molecule has 0 saturated carbocycles. The topological polar surface area (TPSA) is 118 Å². The number of hydrogen-bond acceptors (Lipinski definition) is 6. The summed E-state index contributed by atoms with van der Waals surface area (Å²) in [7, 11) is 0. The van der Waals surface area contributed by atoms with E-state index in [-0.39, 0.29) is 17.3 Å². The predicted octanol–water partition coefficient (Wildman–Crippen LogP) is -0.0318. The Morgan fingerprint density at radius 1 is 1.46 bits per heavy atom. The molecule has 9 heteroatoms. The number of amides is 1. The molecule has 1 aliphatic heterocycles. The third-order valence-electron chi connectivity index (χ3n) is 3.91. The largest absolute Gasteiger partial charge is 0.459 e. The lowest BCUT2D eigenvalue weighted by Crippen LogP contribution is -3.10. The number of anilines is 2. The number of likely N-dealkylation sites (tertiary alicyclic amines) is 1. The molecule has 0 radical (unpaired) electrons. The van der Waals surface area contributed by atoms with Crippen molar-refractivity contribution in [2.75, 3.05) is 36.4 Å². The van der Waals surface area contributed by atoms with E-state index >= 15 is 0 Å². The van der Waals surface area contributed by atoms with Gasteiger partial charge in [0.15, 0.2) is 22.4 Å². The van der Waals surface area contributed by atoms with Gasteiger partial charge in [0.05, 0.1) is 31.7 Å². The van der Waals surface area contributed by atoms with E-state index in [1.165, 1.54) is 50.0 Å². The van der Waals surface area contributed by atoms with Gasteiger partial charge in [0, 0.05) is 12.8 Å². The van der Waals surface area contributed by atoms with E-state index in [1.54, 1.807) is 11.0 Å². The molecule has 0 unspecified atom stereocenters. The van der Waals surface area contributed by atoms with E-state index in [4.69, 9.17) is 10.2 Å². The minimum Gasteiger partial charge on any atom is -0.459 e. The van der Waals surface area contributed by atoms with Gasteiger partial charge in [-0.1, -0.05) is 11.8 Å². The van der Waals surface area contributed by atoms with Gasteiger partial charge in [0.2, 0.25) is 0 Å². The smallest absolute Gasteiger partial charge is 0.291 e. The number of thioether (sulfide) groups is 1. The Morgan fingerprint density at radius 3 is 2.92 bits per heavy atom. The van der Waals surface area contributed by atoms with Crippen molar-refractivity contribution >= 4 is 29.2 Å². The van der Waals surface area contributed by atoms with Crippen LogP contribution in [0.4, 0.5) is 11.5 Å². The van der Waals surface area contributed by atoms with Gasteiger partial charge >= 0.3 is 0 Å². The highest BCUT2D eigenvalue weighted by Crippen LogP contribution is 2.16. The molecule has 2 aromatic heterocycles. The molecule has 0 aliphatic carbocycles. The number of carbonyl (C=O) groups excluding carboxylic acids is 1. The van der Waals surface area contributed by atoms with Crippen LogP contribution in [0.15, 0.2) is 32.8 Å². The van der Waals surface area contributed by atoms with Gasteiger partial charge in [0.25, 0.3) is 11.5 Å². The summed E-state index contributed by atoms with van der Waals surface area (Å²) in [5, 5.41) is 2.90. The zero-order valence-electron chi connectivity index (χ0n) is 13.1. The van der Waals surface area contributed by atoms with Crippen molar-refractivity contribution in [3.05, 3.63) is 34.5 Å². The number of H-pyrrole nitrogens is 1. The first kappa shape index (κ1) is 16.6. The van der Waals surface area contributed by atoms with E-state index in [0.29, 0.717) is 5.16 Å². The van der Waals surface area contributed by atoms with Crippen LogP contribution in [0.1, 0.15) is 23.4 Å².